The first-order valence-electron chi connectivity index (χ1n) is 5.82. The van der Waals surface area contributed by atoms with Crippen molar-refractivity contribution in [1.29, 1.82) is 0 Å². The molecule has 0 aliphatic carbocycles. The van der Waals surface area contributed by atoms with E-state index in [1.165, 1.54) is 12.1 Å². The maximum Gasteiger partial charge on any atom is 0.417 e. The van der Waals surface area contributed by atoms with Crippen LogP contribution in [0.25, 0.3) is 11.5 Å². The van der Waals surface area contributed by atoms with Crippen molar-refractivity contribution in [2.45, 2.75) is 19.6 Å². The minimum absolute atomic E-state index is 0.129. The molecule has 1 heterocycles. The average Bonchev–Trinajstić information content (AvgIpc) is 2.84. The van der Waals surface area contributed by atoms with Crippen LogP contribution in [0.1, 0.15) is 18.3 Å². The molecule has 2 rings (SSSR count). The summed E-state index contributed by atoms with van der Waals surface area (Å²) in [5, 5.41) is 6.62. The number of hydrogen-bond donors (Lipinski definition) is 1. The second kappa shape index (κ2) is 5.92. The second-order valence-corrected chi connectivity index (χ2v) is 4.90. The lowest BCUT2D eigenvalue weighted by atomic mass is 10.1. The highest BCUT2D eigenvalue weighted by Crippen LogP contribution is 2.38. The molecule has 0 saturated carbocycles. The first-order valence-corrected chi connectivity index (χ1v) is 6.61. The molecule has 8 heteroatoms. The third kappa shape index (κ3) is 3.37. The largest absolute Gasteiger partial charge is 0.417 e. The first-order chi connectivity index (χ1) is 9.41. The minimum atomic E-state index is -4.49. The van der Waals surface area contributed by atoms with E-state index in [2.05, 4.69) is 31.4 Å². The Morgan fingerprint density at radius 1 is 1.35 bits per heavy atom. The molecule has 0 unspecified atom stereocenters. The topological polar surface area (TPSA) is 51.0 Å². The van der Waals surface area contributed by atoms with Crippen LogP contribution in [0.3, 0.4) is 0 Å². The van der Waals surface area contributed by atoms with Gasteiger partial charge in [-0.2, -0.15) is 18.2 Å². The zero-order chi connectivity index (χ0) is 14.8. The maximum atomic E-state index is 13.0. The summed E-state index contributed by atoms with van der Waals surface area (Å²) in [6.07, 6.45) is -4.49. The molecule has 1 aromatic heterocycles. The van der Waals surface area contributed by atoms with Crippen molar-refractivity contribution in [3.63, 3.8) is 0 Å². The lowest BCUT2D eigenvalue weighted by Crippen LogP contribution is -2.12. The number of aromatic nitrogens is 2. The standard InChI is InChI=1S/C12H11BrF3N3O/c1-2-17-6-10-18-11(20-19-10)8-4-3-7(13)5-9(8)12(14,15)16/h3-5,17H,2,6H2,1H3. The molecular formula is C12H11BrF3N3O. The molecule has 20 heavy (non-hydrogen) atoms. The molecule has 0 aliphatic heterocycles. The van der Waals surface area contributed by atoms with Gasteiger partial charge in [0.15, 0.2) is 5.82 Å². The monoisotopic (exact) mass is 349 g/mol. The number of alkyl halides is 3. The van der Waals surface area contributed by atoms with Crippen LogP contribution in [0.4, 0.5) is 13.2 Å². The lowest BCUT2D eigenvalue weighted by Gasteiger charge is -2.10. The predicted octanol–water partition coefficient (Wildman–Crippen LogP) is 3.63. The van der Waals surface area contributed by atoms with Gasteiger partial charge in [-0.3, -0.25) is 0 Å². The molecule has 0 aliphatic rings. The summed E-state index contributed by atoms with van der Waals surface area (Å²) in [6.45, 7) is 2.95. The molecule has 0 saturated heterocycles. The van der Waals surface area contributed by atoms with Gasteiger partial charge in [0.25, 0.3) is 5.89 Å². The smallest absolute Gasteiger partial charge is 0.334 e. The molecular weight excluding hydrogens is 339 g/mol. The van der Waals surface area contributed by atoms with E-state index in [0.717, 1.165) is 6.07 Å². The first kappa shape index (κ1) is 15.0. The van der Waals surface area contributed by atoms with Crippen molar-refractivity contribution in [2.75, 3.05) is 6.54 Å². The van der Waals surface area contributed by atoms with Gasteiger partial charge in [-0.25, -0.2) is 0 Å². The van der Waals surface area contributed by atoms with Crippen molar-refractivity contribution >= 4 is 15.9 Å². The van der Waals surface area contributed by atoms with Crippen LogP contribution in [0.2, 0.25) is 0 Å². The number of rotatable bonds is 4. The van der Waals surface area contributed by atoms with E-state index < -0.39 is 11.7 Å². The van der Waals surface area contributed by atoms with Crippen LogP contribution < -0.4 is 5.32 Å². The van der Waals surface area contributed by atoms with E-state index in [1.807, 2.05) is 6.92 Å². The highest BCUT2D eigenvalue weighted by Gasteiger charge is 2.35. The fourth-order valence-electron chi connectivity index (χ4n) is 1.61. The average molecular weight is 350 g/mol. The number of nitrogens with one attached hydrogen (secondary N) is 1. The Morgan fingerprint density at radius 2 is 2.10 bits per heavy atom. The van der Waals surface area contributed by atoms with Crippen LogP contribution in [0.15, 0.2) is 27.2 Å². The normalized spacial score (nSPS) is 11.8. The van der Waals surface area contributed by atoms with Gasteiger partial charge in [-0.1, -0.05) is 28.0 Å². The summed E-state index contributed by atoms with van der Waals surface area (Å²) < 4.78 is 44.2. The van der Waals surface area contributed by atoms with E-state index in [4.69, 9.17) is 4.52 Å². The van der Waals surface area contributed by atoms with Gasteiger partial charge in [-0.15, -0.1) is 0 Å². The Balaban J connectivity index is 2.39. The maximum absolute atomic E-state index is 13.0. The van der Waals surface area contributed by atoms with Crippen molar-refractivity contribution in [3.8, 4) is 11.5 Å². The number of benzene rings is 1. The molecule has 1 N–H and O–H groups in total. The van der Waals surface area contributed by atoms with Crippen LogP contribution in [-0.4, -0.2) is 16.7 Å². The molecule has 0 spiro atoms. The molecule has 4 nitrogen and oxygen atoms in total. The van der Waals surface area contributed by atoms with Crippen LogP contribution in [0, 0.1) is 0 Å². The molecule has 0 atom stereocenters. The SMILES string of the molecule is CCNCc1noc(-c2ccc(Br)cc2C(F)(F)F)n1. The number of hydrogen-bond acceptors (Lipinski definition) is 4. The van der Waals surface area contributed by atoms with E-state index in [9.17, 15) is 13.2 Å². The van der Waals surface area contributed by atoms with Crippen molar-refractivity contribution < 1.29 is 17.7 Å². The van der Waals surface area contributed by atoms with Gasteiger partial charge in [0, 0.05) is 4.47 Å². The van der Waals surface area contributed by atoms with Gasteiger partial charge in [0.1, 0.15) is 0 Å². The van der Waals surface area contributed by atoms with Gasteiger partial charge in [-0.05, 0) is 24.7 Å². The zero-order valence-electron chi connectivity index (χ0n) is 10.5. The Kier molecular flexibility index (Phi) is 4.44. The Hall–Kier alpha value is -1.41. The van der Waals surface area contributed by atoms with E-state index in [0.29, 0.717) is 23.4 Å². The summed E-state index contributed by atoms with van der Waals surface area (Å²) >= 11 is 3.02. The quantitative estimate of drug-likeness (QED) is 0.915. The summed E-state index contributed by atoms with van der Waals surface area (Å²) in [5.74, 6) is 0.177. The summed E-state index contributed by atoms with van der Waals surface area (Å²) in [6, 6.07) is 3.79. The van der Waals surface area contributed by atoms with E-state index in [-0.39, 0.29) is 11.5 Å². The third-order valence-electron chi connectivity index (χ3n) is 2.52. The fourth-order valence-corrected chi connectivity index (χ4v) is 1.97. The molecule has 0 fully saturated rings. The van der Waals surface area contributed by atoms with Crippen LogP contribution in [0.5, 0.6) is 0 Å². The summed E-state index contributed by atoms with van der Waals surface area (Å²) in [5.41, 5.74) is -0.943. The van der Waals surface area contributed by atoms with Crippen LogP contribution in [-0.2, 0) is 12.7 Å². The predicted molar refractivity (Wildman–Crippen MR) is 69.8 cm³/mol. The Labute approximate surface area is 121 Å². The second-order valence-electron chi connectivity index (χ2n) is 3.98. The van der Waals surface area contributed by atoms with Crippen molar-refractivity contribution in [1.82, 2.24) is 15.5 Å². The van der Waals surface area contributed by atoms with Crippen molar-refractivity contribution in [2.24, 2.45) is 0 Å². The van der Waals surface area contributed by atoms with Gasteiger partial charge < -0.3 is 9.84 Å². The summed E-state index contributed by atoms with van der Waals surface area (Å²) in [4.78, 5) is 3.97. The van der Waals surface area contributed by atoms with Gasteiger partial charge in [0.2, 0.25) is 0 Å². The molecule has 0 bridgehead atoms. The van der Waals surface area contributed by atoms with Gasteiger partial charge >= 0.3 is 6.18 Å². The number of nitrogens with zero attached hydrogens (tertiary/aromatic N) is 2. The minimum Gasteiger partial charge on any atom is -0.334 e. The summed E-state index contributed by atoms with van der Waals surface area (Å²) in [7, 11) is 0. The molecule has 2 aromatic rings. The number of halogens is 4. The molecule has 108 valence electrons. The highest BCUT2D eigenvalue weighted by atomic mass is 79.9. The molecule has 0 amide bonds. The Morgan fingerprint density at radius 3 is 2.75 bits per heavy atom. The van der Waals surface area contributed by atoms with Crippen molar-refractivity contribution in [3.05, 3.63) is 34.1 Å². The van der Waals surface area contributed by atoms with Crippen LogP contribution >= 0.6 is 15.9 Å². The highest BCUT2D eigenvalue weighted by molar-refractivity contribution is 9.10. The Bertz CT molecular complexity index is 598. The fraction of sp³-hybridized carbons (Fsp3) is 0.333. The lowest BCUT2D eigenvalue weighted by molar-refractivity contribution is -0.137. The third-order valence-corrected chi connectivity index (χ3v) is 3.01. The molecule has 0 radical (unpaired) electrons. The zero-order valence-corrected chi connectivity index (χ0v) is 12.0. The van der Waals surface area contributed by atoms with E-state index >= 15 is 0 Å². The van der Waals surface area contributed by atoms with E-state index in [1.54, 1.807) is 0 Å². The van der Waals surface area contributed by atoms with Gasteiger partial charge in [0.05, 0.1) is 17.7 Å². The molecule has 1 aromatic carbocycles.